The Hall–Kier alpha value is -2.76. The summed E-state index contributed by atoms with van der Waals surface area (Å²) in [6, 6.07) is 7.66. The minimum Gasteiger partial charge on any atom is -0.332 e. The Labute approximate surface area is 159 Å². The van der Waals surface area contributed by atoms with Crippen molar-refractivity contribution in [3.63, 3.8) is 0 Å². The van der Waals surface area contributed by atoms with E-state index >= 15 is 0 Å². The molecule has 0 spiro atoms. The zero-order chi connectivity index (χ0) is 19.1. The third kappa shape index (κ3) is 3.20. The van der Waals surface area contributed by atoms with Crippen molar-refractivity contribution in [2.24, 2.45) is 5.92 Å². The van der Waals surface area contributed by atoms with E-state index in [0.29, 0.717) is 19.0 Å². The number of hydrogen-bond donors (Lipinski definition) is 0. The number of anilines is 1. The first-order valence-electron chi connectivity index (χ1n) is 9.42. The predicted octanol–water partition coefficient (Wildman–Crippen LogP) is 2.67. The quantitative estimate of drug-likeness (QED) is 0.840. The Morgan fingerprint density at radius 1 is 1.26 bits per heavy atom. The SMILES string of the molecule is CC(C)Cc1ncc2c(n1)CN(C(=O)[C@H]1CC(=O)N(C)c3ccccc31)C2. The van der Waals surface area contributed by atoms with E-state index in [1.165, 1.54) is 0 Å². The zero-order valence-corrected chi connectivity index (χ0v) is 16.0. The summed E-state index contributed by atoms with van der Waals surface area (Å²) < 4.78 is 0. The van der Waals surface area contributed by atoms with Crippen molar-refractivity contribution in [1.29, 1.82) is 0 Å². The highest BCUT2D eigenvalue weighted by Gasteiger charge is 2.37. The molecule has 6 nitrogen and oxygen atoms in total. The van der Waals surface area contributed by atoms with Gasteiger partial charge < -0.3 is 9.80 Å². The zero-order valence-electron chi connectivity index (χ0n) is 16.0. The van der Waals surface area contributed by atoms with Crippen LogP contribution in [0.3, 0.4) is 0 Å². The molecule has 0 saturated heterocycles. The molecule has 2 aliphatic rings. The van der Waals surface area contributed by atoms with Gasteiger partial charge in [-0.3, -0.25) is 9.59 Å². The van der Waals surface area contributed by atoms with Gasteiger partial charge in [-0.25, -0.2) is 9.97 Å². The smallest absolute Gasteiger partial charge is 0.231 e. The monoisotopic (exact) mass is 364 g/mol. The van der Waals surface area contributed by atoms with Crippen LogP contribution in [-0.2, 0) is 29.1 Å². The molecule has 1 aromatic carbocycles. The molecule has 0 bridgehead atoms. The Kier molecular flexibility index (Phi) is 4.42. The molecule has 0 fully saturated rings. The lowest BCUT2D eigenvalue weighted by molar-refractivity contribution is -0.135. The van der Waals surface area contributed by atoms with E-state index < -0.39 is 5.92 Å². The number of carbonyl (C=O) groups is 2. The third-order valence-corrected chi connectivity index (χ3v) is 5.33. The summed E-state index contributed by atoms with van der Waals surface area (Å²) in [6.07, 6.45) is 2.89. The van der Waals surface area contributed by atoms with Gasteiger partial charge in [0.25, 0.3) is 0 Å². The van der Waals surface area contributed by atoms with Crippen LogP contribution in [0, 0.1) is 5.92 Å². The number of rotatable bonds is 3. The van der Waals surface area contributed by atoms with Crippen molar-refractivity contribution in [3.05, 3.63) is 53.1 Å². The minimum absolute atomic E-state index is 0.00712. The number of nitrogens with zero attached hydrogens (tertiary/aromatic N) is 4. The van der Waals surface area contributed by atoms with Gasteiger partial charge >= 0.3 is 0 Å². The van der Waals surface area contributed by atoms with Crippen LogP contribution in [0.5, 0.6) is 0 Å². The summed E-state index contributed by atoms with van der Waals surface area (Å²) in [4.78, 5) is 38.2. The standard InChI is InChI=1S/C21H24N4O2/c1-13(2)8-19-22-10-14-11-25(12-17(14)23-19)21(27)16-9-20(26)24(3)18-7-5-4-6-15(16)18/h4-7,10,13,16H,8-9,11-12H2,1-3H3/t16-/m0/s1. The highest BCUT2D eigenvalue weighted by molar-refractivity contribution is 6.02. The normalized spacial score (nSPS) is 18.7. The molecule has 1 aromatic heterocycles. The highest BCUT2D eigenvalue weighted by atomic mass is 16.2. The maximum atomic E-state index is 13.3. The minimum atomic E-state index is -0.428. The van der Waals surface area contributed by atoms with Gasteiger partial charge in [0.15, 0.2) is 0 Å². The van der Waals surface area contributed by atoms with Crippen molar-refractivity contribution in [1.82, 2.24) is 14.9 Å². The number of amides is 2. The first-order valence-corrected chi connectivity index (χ1v) is 9.42. The molecule has 0 saturated carbocycles. The lowest BCUT2D eigenvalue weighted by Crippen LogP contribution is -2.39. The summed E-state index contributed by atoms with van der Waals surface area (Å²) in [5.41, 5.74) is 3.68. The van der Waals surface area contributed by atoms with Crippen molar-refractivity contribution < 1.29 is 9.59 Å². The molecule has 2 amide bonds. The first-order chi connectivity index (χ1) is 12.9. The summed E-state index contributed by atoms with van der Waals surface area (Å²) in [5, 5.41) is 0. The van der Waals surface area contributed by atoms with E-state index in [1.807, 2.05) is 30.5 Å². The second kappa shape index (κ2) is 6.76. The second-order valence-corrected chi connectivity index (χ2v) is 7.82. The molecule has 6 heteroatoms. The Balaban J connectivity index is 1.57. The molecule has 3 heterocycles. The van der Waals surface area contributed by atoms with Gasteiger partial charge in [0, 0.05) is 43.9 Å². The van der Waals surface area contributed by atoms with Gasteiger partial charge in [0.2, 0.25) is 11.8 Å². The predicted molar refractivity (Wildman–Crippen MR) is 102 cm³/mol. The molecule has 27 heavy (non-hydrogen) atoms. The van der Waals surface area contributed by atoms with Gasteiger partial charge in [-0.05, 0) is 17.5 Å². The van der Waals surface area contributed by atoms with E-state index in [0.717, 1.165) is 34.8 Å². The summed E-state index contributed by atoms with van der Waals surface area (Å²) >= 11 is 0. The van der Waals surface area contributed by atoms with E-state index in [-0.39, 0.29) is 18.2 Å². The van der Waals surface area contributed by atoms with E-state index in [9.17, 15) is 9.59 Å². The summed E-state index contributed by atoms with van der Waals surface area (Å²) in [7, 11) is 1.76. The van der Waals surface area contributed by atoms with Gasteiger partial charge in [0.1, 0.15) is 5.82 Å². The number of benzene rings is 1. The number of aromatic nitrogens is 2. The first kappa shape index (κ1) is 17.6. The summed E-state index contributed by atoms with van der Waals surface area (Å²) in [5.74, 6) is 0.860. The van der Waals surface area contributed by atoms with Gasteiger partial charge in [0.05, 0.1) is 18.2 Å². The van der Waals surface area contributed by atoms with Crippen LogP contribution in [0.25, 0.3) is 0 Å². The molecule has 0 N–H and O–H groups in total. The van der Waals surface area contributed by atoms with Gasteiger partial charge in [-0.2, -0.15) is 0 Å². The second-order valence-electron chi connectivity index (χ2n) is 7.82. The molecule has 2 aromatic rings. The third-order valence-electron chi connectivity index (χ3n) is 5.33. The van der Waals surface area contributed by atoms with Crippen molar-refractivity contribution >= 4 is 17.5 Å². The molecule has 0 aliphatic carbocycles. The van der Waals surface area contributed by atoms with E-state index in [4.69, 9.17) is 0 Å². The van der Waals surface area contributed by atoms with Crippen LogP contribution in [0.1, 0.15) is 48.8 Å². The fourth-order valence-electron chi connectivity index (χ4n) is 3.90. The maximum Gasteiger partial charge on any atom is 0.231 e. The highest BCUT2D eigenvalue weighted by Crippen LogP contribution is 2.37. The molecule has 140 valence electrons. The van der Waals surface area contributed by atoms with Crippen LogP contribution >= 0.6 is 0 Å². The molecular formula is C21H24N4O2. The van der Waals surface area contributed by atoms with Crippen LogP contribution < -0.4 is 4.90 Å². The molecule has 1 atom stereocenters. The number of para-hydroxylation sites is 1. The lowest BCUT2D eigenvalue weighted by atomic mass is 9.88. The average Bonchev–Trinajstić information content (AvgIpc) is 3.07. The van der Waals surface area contributed by atoms with Crippen LogP contribution in [0.4, 0.5) is 5.69 Å². The number of hydrogen-bond acceptors (Lipinski definition) is 4. The summed E-state index contributed by atoms with van der Waals surface area (Å²) in [6.45, 7) is 5.28. The molecule has 0 radical (unpaired) electrons. The molecular weight excluding hydrogens is 340 g/mol. The van der Waals surface area contributed by atoms with Crippen molar-refractivity contribution in [2.75, 3.05) is 11.9 Å². The van der Waals surface area contributed by atoms with E-state index in [1.54, 1.807) is 16.8 Å². The topological polar surface area (TPSA) is 66.4 Å². The van der Waals surface area contributed by atoms with E-state index in [2.05, 4.69) is 23.8 Å². The maximum absolute atomic E-state index is 13.3. The van der Waals surface area contributed by atoms with Crippen molar-refractivity contribution in [3.8, 4) is 0 Å². The molecule has 4 rings (SSSR count). The fraction of sp³-hybridized carbons (Fsp3) is 0.429. The lowest BCUT2D eigenvalue weighted by Gasteiger charge is -2.32. The number of fused-ring (bicyclic) bond motifs is 2. The molecule has 0 unspecified atom stereocenters. The molecule has 2 aliphatic heterocycles. The number of carbonyl (C=O) groups excluding carboxylic acids is 2. The van der Waals surface area contributed by atoms with Gasteiger partial charge in [-0.1, -0.05) is 32.0 Å². The Bertz CT molecular complexity index is 909. The average molecular weight is 364 g/mol. The van der Waals surface area contributed by atoms with Crippen LogP contribution in [0.15, 0.2) is 30.5 Å². The van der Waals surface area contributed by atoms with Crippen LogP contribution in [0.2, 0.25) is 0 Å². The Morgan fingerprint density at radius 2 is 2.04 bits per heavy atom. The van der Waals surface area contributed by atoms with Gasteiger partial charge in [-0.15, -0.1) is 0 Å². The largest absolute Gasteiger partial charge is 0.332 e. The van der Waals surface area contributed by atoms with Crippen molar-refractivity contribution in [2.45, 2.75) is 45.7 Å². The fourth-order valence-corrected chi connectivity index (χ4v) is 3.90. The van der Waals surface area contributed by atoms with Crippen LogP contribution in [-0.4, -0.2) is 33.7 Å². The Morgan fingerprint density at radius 3 is 2.81 bits per heavy atom.